The van der Waals surface area contributed by atoms with E-state index in [0.29, 0.717) is 5.92 Å². The maximum atomic E-state index is 6.50. The molecule has 0 aliphatic carbocycles. The van der Waals surface area contributed by atoms with Crippen LogP contribution in [-0.2, 0) is 20.1 Å². The molecule has 8 aromatic rings. The van der Waals surface area contributed by atoms with Crippen LogP contribution in [0, 0.1) is 12.1 Å². The fraction of sp³-hybridized carbons (Fsp3) is 0.130. The van der Waals surface area contributed by atoms with Crippen LogP contribution < -0.4 is 5.19 Å². The average molecular weight is 857 g/mol. The summed E-state index contributed by atoms with van der Waals surface area (Å²) < 4.78 is 6.50. The van der Waals surface area contributed by atoms with Gasteiger partial charge in [-0.1, -0.05) is 141 Å². The molecular weight excluding hydrogens is 817 g/mol. The largest absolute Gasteiger partial charge is 0.500 e. The Kier molecular flexibility index (Phi) is 10.9. The zero-order chi connectivity index (χ0) is 34.7. The first-order valence-electron chi connectivity index (χ1n) is 17.2. The molecule has 0 bridgehead atoms. The Labute approximate surface area is 315 Å². The smallest absolute Gasteiger partial charge is 0.128 e. The maximum Gasteiger partial charge on any atom is 0.128 e. The van der Waals surface area contributed by atoms with Crippen LogP contribution in [0.5, 0.6) is 0 Å². The van der Waals surface area contributed by atoms with E-state index in [1.165, 1.54) is 10.8 Å². The van der Waals surface area contributed by atoms with Crippen LogP contribution in [0.25, 0.3) is 66.7 Å². The van der Waals surface area contributed by atoms with E-state index in [1.54, 1.807) is 0 Å². The van der Waals surface area contributed by atoms with E-state index >= 15 is 0 Å². The standard InChI is InChI=1S/C29H18NO.C17H22NSi.Ir/c1-3-9-20(10-4-1)22-17-18-30-27(19-22)26-16-8-15-25-24-14-7-13-23(28(24)31-29(25)26)21-11-5-2-6-12-21;1-13(2)15-11-16(14-9-7-6-8-10-14)18-12-17(15)19(3,4)5;/h1-15,17-19H;6-9,11-13H,1-5H3;/q2*-1;. The third-order valence-electron chi connectivity index (χ3n) is 9.02. The van der Waals surface area contributed by atoms with E-state index < -0.39 is 8.07 Å². The van der Waals surface area contributed by atoms with Gasteiger partial charge in [0.15, 0.2) is 0 Å². The molecule has 1 radical (unpaired) electrons. The molecule has 0 atom stereocenters. The number of fused-ring (bicyclic) bond motifs is 3. The second-order valence-electron chi connectivity index (χ2n) is 13.9. The van der Waals surface area contributed by atoms with Gasteiger partial charge in [-0.3, -0.25) is 0 Å². The zero-order valence-electron chi connectivity index (χ0n) is 29.6. The molecule has 5 aromatic carbocycles. The second-order valence-corrected chi connectivity index (χ2v) is 18.9. The van der Waals surface area contributed by atoms with Crippen LogP contribution in [0.3, 0.4) is 0 Å². The van der Waals surface area contributed by atoms with E-state index in [4.69, 9.17) is 4.42 Å². The van der Waals surface area contributed by atoms with Crippen molar-refractivity contribution in [3.8, 4) is 44.8 Å². The van der Waals surface area contributed by atoms with Crippen molar-refractivity contribution in [1.82, 2.24) is 9.97 Å². The number of hydrogen-bond acceptors (Lipinski definition) is 3. The average Bonchev–Trinajstić information content (AvgIpc) is 3.55. The Balaban J connectivity index is 0.000000194. The fourth-order valence-electron chi connectivity index (χ4n) is 6.45. The molecule has 0 saturated carbocycles. The third kappa shape index (κ3) is 7.72. The van der Waals surface area contributed by atoms with Gasteiger partial charge in [-0.05, 0) is 45.2 Å². The number of furan rings is 1. The molecular formula is C46H40IrN2OSi-2. The van der Waals surface area contributed by atoms with E-state index in [-0.39, 0.29) is 20.1 Å². The zero-order valence-corrected chi connectivity index (χ0v) is 33.0. The summed E-state index contributed by atoms with van der Waals surface area (Å²) in [6, 6.07) is 52.1. The van der Waals surface area contributed by atoms with Gasteiger partial charge in [0, 0.05) is 43.4 Å². The molecule has 5 heteroatoms. The van der Waals surface area contributed by atoms with Crippen molar-refractivity contribution >= 4 is 35.2 Å². The first kappa shape index (κ1) is 35.9. The van der Waals surface area contributed by atoms with Gasteiger partial charge in [0.25, 0.3) is 0 Å². The third-order valence-corrected chi connectivity index (χ3v) is 11.1. The van der Waals surface area contributed by atoms with Crippen LogP contribution in [0.2, 0.25) is 19.6 Å². The van der Waals surface area contributed by atoms with Gasteiger partial charge in [0.1, 0.15) is 5.58 Å². The number of pyridine rings is 2. The number of benzene rings is 5. The molecule has 0 N–H and O–H groups in total. The van der Waals surface area contributed by atoms with Crippen molar-refractivity contribution in [2.24, 2.45) is 0 Å². The Morgan fingerprint density at radius 1 is 0.608 bits per heavy atom. The molecule has 0 fully saturated rings. The Hall–Kier alpha value is -4.93. The topological polar surface area (TPSA) is 38.9 Å². The first-order valence-corrected chi connectivity index (χ1v) is 20.7. The van der Waals surface area contributed by atoms with Crippen LogP contribution in [0.1, 0.15) is 25.3 Å². The monoisotopic (exact) mass is 857 g/mol. The second kappa shape index (κ2) is 15.5. The number of nitrogens with zero attached hydrogens (tertiary/aromatic N) is 2. The first-order chi connectivity index (χ1) is 24.3. The summed E-state index contributed by atoms with van der Waals surface area (Å²) in [5, 5.41) is 3.65. The number of para-hydroxylation sites is 1. The summed E-state index contributed by atoms with van der Waals surface area (Å²) in [6.45, 7) is 11.7. The van der Waals surface area contributed by atoms with Gasteiger partial charge in [0.2, 0.25) is 0 Å². The summed E-state index contributed by atoms with van der Waals surface area (Å²) in [5.74, 6) is 0.534. The van der Waals surface area contributed by atoms with E-state index in [0.717, 1.165) is 66.7 Å². The van der Waals surface area contributed by atoms with Gasteiger partial charge in [-0.15, -0.1) is 54.1 Å². The van der Waals surface area contributed by atoms with Gasteiger partial charge < -0.3 is 14.4 Å². The van der Waals surface area contributed by atoms with Gasteiger partial charge in [-0.25, -0.2) is 0 Å². The van der Waals surface area contributed by atoms with Crippen molar-refractivity contribution < 1.29 is 24.5 Å². The van der Waals surface area contributed by atoms with Crippen molar-refractivity contribution in [2.75, 3.05) is 0 Å². The molecule has 0 amide bonds. The van der Waals surface area contributed by atoms with Gasteiger partial charge in [0.05, 0.1) is 13.7 Å². The Morgan fingerprint density at radius 3 is 2.00 bits per heavy atom. The summed E-state index contributed by atoms with van der Waals surface area (Å²) in [5.41, 5.74) is 11.5. The molecule has 0 aliphatic rings. The van der Waals surface area contributed by atoms with E-state index in [1.807, 2.05) is 60.8 Å². The normalized spacial score (nSPS) is 11.3. The van der Waals surface area contributed by atoms with Crippen LogP contribution in [0.4, 0.5) is 0 Å². The molecule has 8 rings (SSSR count). The predicted octanol–water partition coefficient (Wildman–Crippen LogP) is 12.0. The summed E-state index contributed by atoms with van der Waals surface area (Å²) in [7, 11) is -1.34. The fourth-order valence-corrected chi connectivity index (χ4v) is 8.13. The molecule has 0 spiro atoms. The number of hydrogen-bond donors (Lipinski definition) is 0. The van der Waals surface area contributed by atoms with E-state index in [2.05, 4.69) is 141 Å². The van der Waals surface area contributed by atoms with Crippen molar-refractivity contribution in [3.05, 3.63) is 164 Å². The molecule has 0 aliphatic heterocycles. The van der Waals surface area contributed by atoms with Gasteiger partial charge >= 0.3 is 0 Å². The molecule has 3 aromatic heterocycles. The predicted molar refractivity (Wildman–Crippen MR) is 212 cm³/mol. The van der Waals surface area contributed by atoms with Crippen LogP contribution in [0.15, 0.2) is 150 Å². The molecule has 255 valence electrons. The summed E-state index contributed by atoms with van der Waals surface area (Å²) >= 11 is 0. The summed E-state index contributed by atoms with van der Waals surface area (Å²) in [4.78, 5) is 9.31. The van der Waals surface area contributed by atoms with E-state index in [9.17, 15) is 0 Å². The minimum atomic E-state index is -1.34. The molecule has 3 heterocycles. The van der Waals surface area contributed by atoms with Crippen LogP contribution >= 0.6 is 0 Å². The van der Waals surface area contributed by atoms with Crippen molar-refractivity contribution in [2.45, 2.75) is 39.4 Å². The van der Waals surface area contributed by atoms with Crippen LogP contribution in [-0.4, -0.2) is 18.0 Å². The molecule has 51 heavy (non-hydrogen) atoms. The summed E-state index contributed by atoms with van der Waals surface area (Å²) in [6.07, 6.45) is 3.94. The molecule has 3 nitrogen and oxygen atoms in total. The SMILES string of the molecule is CC(C)c1cc(-c2[c-]cccc2)ncc1[Si](C)(C)C.[Ir].[c-]1ccc2c(oc3c(-c4ccccc4)cccc32)c1-c1cc(-c2ccccc2)ccn1. The Bertz CT molecular complexity index is 2380. The maximum absolute atomic E-state index is 6.50. The van der Waals surface area contributed by atoms with Crippen molar-refractivity contribution in [1.29, 1.82) is 0 Å². The Morgan fingerprint density at radius 2 is 1.31 bits per heavy atom. The number of aromatic nitrogens is 2. The van der Waals surface area contributed by atoms with Gasteiger partial charge in [-0.2, -0.15) is 0 Å². The quantitative estimate of drug-likeness (QED) is 0.124. The number of rotatable bonds is 6. The molecule has 0 saturated heterocycles. The molecule has 0 unspecified atom stereocenters. The van der Waals surface area contributed by atoms with Crippen molar-refractivity contribution in [3.63, 3.8) is 0 Å². The minimum absolute atomic E-state index is 0. The minimum Gasteiger partial charge on any atom is -0.500 e.